The molecule has 0 aromatic heterocycles. The van der Waals surface area contributed by atoms with Crippen molar-refractivity contribution in [1.29, 1.82) is 0 Å². The summed E-state index contributed by atoms with van der Waals surface area (Å²) >= 11 is 0. The van der Waals surface area contributed by atoms with Gasteiger partial charge in [0, 0.05) is 13.1 Å². The maximum absolute atomic E-state index is 12.2. The number of amides is 1. The van der Waals surface area contributed by atoms with Crippen LogP contribution < -0.4 is 0 Å². The molecular weight excluding hydrogens is 244 g/mol. The van der Waals surface area contributed by atoms with E-state index in [0.717, 1.165) is 32.5 Å². The van der Waals surface area contributed by atoms with E-state index < -0.39 is 0 Å². The molecule has 1 atom stereocenters. The number of carbonyl (C=O) groups is 1. The highest BCUT2D eigenvalue weighted by Crippen LogP contribution is 2.24. The van der Waals surface area contributed by atoms with Crippen LogP contribution in [0.2, 0.25) is 0 Å². The van der Waals surface area contributed by atoms with Crippen molar-refractivity contribution < 1.29 is 14.3 Å². The SMILES string of the molecule is CCN(CC)C(=O)CN1CCCCC1C1OCCO1. The van der Waals surface area contributed by atoms with E-state index in [0.29, 0.717) is 19.8 Å². The summed E-state index contributed by atoms with van der Waals surface area (Å²) in [6.07, 6.45) is 3.29. The minimum Gasteiger partial charge on any atom is -0.349 e. The van der Waals surface area contributed by atoms with E-state index in [1.165, 1.54) is 6.42 Å². The summed E-state index contributed by atoms with van der Waals surface area (Å²) in [5.41, 5.74) is 0. The van der Waals surface area contributed by atoms with Gasteiger partial charge in [0.05, 0.1) is 25.8 Å². The average molecular weight is 270 g/mol. The van der Waals surface area contributed by atoms with Gasteiger partial charge >= 0.3 is 0 Å². The number of piperidine rings is 1. The molecule has 2 heterocycles. The molecule has 0 aliphatic carbocycles. The van der Waals surface area contributed by atoms with Crippen molar-refractivity contribution in [2.75, 3.05) is 39.4 Å². The second kappa shape index (κ2) is 7.22. The Morgan fingerprint density at radius 3 is 2.53 bits per heavy atom. The highest BCUT2D eigenvalue weighted by atomic mass is 16.7. The zero-order chi connectivity index (χ0) is 13.7. The molecule has 110 valence electrons. The lowest BCUT2D eigenvalue weighted by molar-refractivity contribution is -0.139. The van der Waals surface area contributed by atoms with Crippen molar-refractivity contribution in [2.45, 2.75) is 45.4 Å². The van der Waals surface area contributed by atoms with Gasteiger partial charge in [0.15, 0.2) is 6.29 Å². The molecule has 2 rings (SSSR count). The average Bonchev–Trinajstić information content (AvgIpc) is 2.94. The zero-order valence-electron chi connectivity index (χ0n) is 12.1. The van der Waals surface area contributed by atoms with E-state index in [-0.39, 0.29) is 18.2 Å². The highest BCUT2D eigenvalue weighted by molar-refractivity contribution is 5.78. The summed E-state index contributed by atoms with van der Waals surface area (Å²) in [7, 11) is 0. The van der Waals surface area contributed by atoms with Gasteiger partial charge in [-0.25, -0.2) is 0 Å². The van der Waals surface area contributed by atoms with Gasteiger partial charge in [0.1, 0.15) is 0 Å². The number of hydrogen-bond acceptors (Lipinski definition) is 4. The molecular formula is C14H26N2O3. The van der Waals surface area contributed by atoms with Crippen molar-refractivity contribution in [3.05, 3.63) is 0 Å². The van der Waals surface area contributed by atoms with E-state index >= 15 is 0 Å². The molecule has 0 saturated carbocycles. The molecule has 5 heteroatoms. The van der Waals surface area contributed by atoms with Crippen LogP contribution in [0.3, 0.4) is 0 Å². The Hall–Kier alpha value is -0.650. The summed E-state index contributed by atoms with van der Waals surface area (Å²) in [5, 5.41) is 0. The fourth-order valence-electron chi connectivity index (χ4n) is 2.97. The monoisotopic (exact) mass is 270 g/mol. The molecule has 19 heavy (non-hydrogen) atoms. The predicted octanol–water partition coefficient (Wildman–Crippen LogP) is 1.08. The van der Waals surface area contributed by atoms with E-state index in [9.17, 15) is 4.79 Å². The van der Waals surface area contributed by atoms with Gasteiger partial charge in [-0.2, -0.15) is 0 Å². The van der Waals surface area contributed by atoms with Gasteiger partial charge in [-0.15, -0.1) is 0 Å². The summed E-state index contributed by atoms with van der Waals surface area (Å²) in [6, 6.07) is 0.246. The van der Waals surface area contributed by atoms with Crippen molar-refractivity contribution in [3.63, 3.8) is 0 Å². The Labute approximate surface area is 115 Å². The Morgan fingerprint density at radius 2 is 1.89 bits per heavy atom. The van der Waals surface area contributed by atoms with Gasteiger partial charge in [0.25, 0.3) is 0 Å². The standard InChI is InChI=1S/C14H26N2O3/c1-3-15(4-2)13(17)11-16-8-6-5-7-12(16)14-18-9-10-19-14/h12,14H,3-11H2,1-2H3. The third-order valence-corrected chi connectivity index (χ3v) is 4.08. The number of carbonyl (C=O) groups excluding carboxylic acids is 1. The normalized spacial score (nSPS) is 25.7. The molecule has 1 unspecified atom stereocenters. The number of likely N-dealkylation sites (tertiary alicyclic amines) is 1. The highest BCUT2D eigenvalue weighted by Gasteiger charge is 2.34. The molecule has 0 spiro atoms. The van der Waals surface area contributed by atoms with Crippen molar-refractivity contribution >= 4 is 5.91 Å². The molecule has 2 aliphatic heterocycles. The van der Waals surface area contributed by atoms with Crippen LogP contribution in [0.15, 0.2) is 0 Å². The number of likely N-dealkylation sites (N-methyl/N-ethyl adjacent to an activating group) is 1. The molecule has 5 nitrogen and oxygen atoms in total. The third kappa shape index (κ3) is 3.68. The van der Waals surface area contributed by atoms with E-state index in [1.807, 2.05) is 18.7 Å². The maximum Gasteiger partial charge on any atom is 0.236 e. The first-order chi connectivity index (χ1) is 9.26. The number of hydrogen-bond donors (Lipinski definition) is 0. The third-order valence-electron chi connectivity index (χ3n) is 4.08. The minimum atomic E-state index is -0.134. The molecule has 2 aliphatic rings. The first-order valence-electron chi connectivity index (χ1n) is 7.51. The Kier molecular flexibility index (Phi) is 5.60. The molecule has 2 fully saturated rings. The molecule has 0 aromatic carbocycles. The van der Waals surface area contributed by atoms with Crippen molar-refractivity contribution in [1.82, 2.24) is 9.80 Å². The summed E-state index contributed by atoms with van der Waals surface area (Å²) in [5.74, 6) is 0.217. The number of ether oxygens (including phenoxy) is 2. The molecule has 0 radical (unpaired) electrons. The second-order valence-corrected chi connectivity index (χ2v) is 5.21. The van der Waals surface area contributed by atoms with Crippen LogP contribution in [0.5, 0.6) is 0 Å². The van der Waals surface area contributed by atoms with Crippen LogP contribution in [-0.4, -0.2) is 67.4 Å². The quantitative estimate of drug-likeness (QED) is 0.750. The lowest BCUT2D eigenvalue weighted by atomic mass is 10.0. The van der Waals surface area contributed by atoms with Crippen LogP contribution in [0.4, 0.5) is 0 Å². The van der Waals surface area contributed by atoms with Gasteiger partial charge in [-0.3, -0.25) is 9.69 Å². The van der Waals surface area contributed by atoms with E-state index in [1.54, 1.807) is 0 Å². The van der Waals surface area contributed by atoms with Crippen LogP contribution >= 0.6 is 0 Å². The van der Waals surface area contributed by atoms with Crippen molar-refractivity contribution in [2.24, 2.45) is 0 Å². The smallest absolute Gasteiger partial charge is 0.236 e. The Bertz CT molecular complexity index is 288. The fourth-order valence-corrected chi connectivity index (χ4v) is 2.97. The van der Waals surface area contributed by atoms with Crippen LogP contribution in [0.25, 0.3) is 0 Å². The van der Waals surface area contributed by atoms with Gasteiger partial charge in [-0.05, 0) is 33.2 Å². The van der Waals surface area contributed by atoms with Crippen LogP contribution in [-0.2, 0) is 14.3 Å². The summed E-state index contributed by atoms with van der Waals surface area (Å²) in [4.78, 5) is 16.4. The zero-order valence-corrected chi connectivity index (χ0v) is 12.1. The first-order valence-corrected chi connectivity index (χ1v) is 7.51. The molecule has 1 amide bonds. The van der Waals surface area contributed by atoms with Gasteiger partial charge in [-0.1, -0.05) is 6.42 Å². The van der Waals surface area contributed by atoms with Crippen molar-refractivity contribution in [3.8, 4) is 0 Å². The fraction of sp³-hybridized carbons (Fsp3) is 0.929. The number of nitrogens with zero attached hydrogens (tertiary/aromatic N) is 2. The Morgan fingerprint density at radius 1 is 1.21 bits per heavy atom. The predicted molar refractivity (Wildman–Crippen MR) is 72.8 cm³/mol. The topological polar surface area (TPSA) is 42.0 Å². The summed E-state index contributed by atoms with van der Waals surface area (Å²) < 4.78 is 11.3. The lowest BCUT2D eigenvalue weighted by Crippen LogP contribution is -2.51. The van der Waals surface area contributed by atoms with Gasteiger partial charge in [0.2, 0.25) is 5.91 Å². The molecule has 0 bridgehead atoms. The van der Waals surface area contributed by atoms with Crippen LogP contribution in [0.1, 0.15) is 33.1 Å². The lowest BCUT2D eigenvalue weighted by Gasteiger charge is -2.38. The first kappa shape index (κ1) is 14.8. The van der Waals surface area contributed by atoms with E-state index in [2.05, 4.69) is 4.90 Å². The Balaban J connectivity index is 1.93. The van der Waals surface area contributed by atoms with E-state index in [4.69, 9.17) is 9.47 Å². The summed E-state index contributed by atoms with van der Waals surface area (Å²) in [6.45, 7) is 8.44. The minimum absolute atomic E-state index is 0.134. The molecule has 0 aromatic rings. The molecule has 0 N–H and O–H groups in total. The van der Waals surface area contributed by atoms with Crippen LogP contribution in [0, 0.1) is 0 Å². The molecule has 2 saturated heterocycles. The largest absolute Gasteiger partial charge is 0.349 e. The second-order valence-electron chi connectivity index (χ2n) is 5.21. The van der Waals surface area contributed by atoms with Gasteiger partial charge < -0.3 is 14.4 Å². The maximum atomic E-state index is 12.2. The number of rotatable bonds is 5.